The van der Waals surface area contributed by atoms with Crippen LogP contribution in [0.2, 0.25) is 0 Å². The number of hydrogen-bond acceptors (Lipinski definition) is 6. The molecular weight excluding hydrogens is 382 g/mol. The number of carbonyl (C=O) groups is 2. The van der Waals surface area contributed by atoms with Crippen LogP contribution in [0.15, 0.2) is 36.5 Å². The maximum absolute atomic E-state index is 13.2. The second kappa shape index (κ2) is 10.1. The molecule has 8 heteroatoms. The average molecular weight is 412 g/mol. The van der Waals surface area contributed by atoms with Crippen LogP contribution < -0.4 is 20.3 Å². The zero-order valence-corrected chi connectivity index (χ0v) is 17.8. The number of piperazine rings is 1. The molecule has 2 amide bonds. The summed E-state index contributed by atoms with van der Waals surface area (Å²) in [5.41, 5.74) is 1.50. The highest BCUT2D eigenvalue weighted by Crippen LogP contribution is 2.24. The van der Waals surface area contributed by atoms with Crippen molar-refractivity contribution in [3.05, 3.63) is 47.7 Å². The third kappa shape index (κ3) is 4.88. The Labute approximate surface area is 177 Å². The lowest BCUT2D eigenvalue weighted by atomic mass is 10.1. The summed E-state index contributed by atoms with van der Waals surface area (Å²) < 4.78 is 5.13. The van der Waals surface area contributed by atoms with Crippen LogP contribution in [0.4, 0.5) is 11.5 Å². The largest absolute Gasteiger partial charge is 0.497 e. The molecule has 160 valence electrons. The van der Waals surface area contributed by atoms with Crippen molar-refractivity contribution in [1.29, 1.82) is 0 Å². The molecule has 1 aliphatic heterocycles. The normalized spacial score (nSPS) is 13.6. The summed E-state index contributed by atoms with van der Waals surface area (Å²) in [7, 11) is 1.58. The Balaban J connectivity index is 1.88. The van der Waals surface area contributed by atoms with E-state index in [1.54, 1.807) is 48.5 Å². The molecule has 0 aliphatic carbocycles. The van der Waals surface area contributed by atoms with Crippen molar-refractivity contribution in [1.82, 2.24) is 15.2 Å². The lowest BCUT2D eigenvalue weighted by Crippen LogP contribution is -2.45. The number of pyridine rings is 1. The van der Waals surface area contributed by atoms with Crippen molar-refractivity contribution in [2.24, 2.45) is 0 Å². The predicted molar refractivity (Wildman–Crippen MR) is 118 cm³/mol. The van der Waals surface area contributed by atoms with Gasteiger partial charge in [-0.3, -0.25) is 9.59 Å². The number of benzene rings is 1. The first-order valence-electron chi connectivity index (χ1n) is 10.3. The Morgan fingerprint density at radius 1 is 1.17 bits per heavy atom. The summed E-state index contributed by atoms with van der Waals surface area (Å²) >= 11 is 0. The fourth-order valence-corrected chi connectivity index (χ4v) is 3.44. The Morgan fingerprint density at radius 2 is 1.83 bits per heavy atom. The van der Waals surface area contributed by atoms with Crippen LogP contribution in [0, 0.1) is 0 Å². The van der Waals surface area contributed by atoms with Crippen LogP contribution in [-0.4, -0.2) is 68.1 Å². The molecule has 30 heavy (non-hydrogen) atoms. The van der Waals surface area contributed by atoms with E-state index in [4.69, 9.17) is 4.74 Å². The number of anilines is 2. The maximum Gasteiger partial charge on any atom is 0.257 e. The van der Waals surface area contributed by atoms with E-state index in [1.165, 1.54) is 0 Å². The average Bonchev–Trinajstić information content (AvgIpc) is 2.80. The minimum absolute atomic E-state index is 0.0819. The highest BCUT2D eigenvalue weighted by atomic mass is 16.5. The van der Waals surface area contributed by atoms with E-state index in [0.29, 0.717) is 41.5 Å². The molecule has 0 spiro atoms. The molecule has 0 saturated carbocycles. The van der Waals surface area contributed by atoms with Crippen molar-refractivity contribution in [3.8, 4) is 5.75 Å². The lowest BCUT2D eigenvalue weighted by molar-refractivity contribution is 0.0772. The summed E-state index contributed by atoms with van der Waals surface area (Å²) in [4.78, 5) is 34.2. The van der Waals surface area contributed by atoms with Gasteiger partial charge in [0.25, 0.3) is 11.8 Å². The van der Waals surface area contributed by atoms with Gasteiger partial charge in [-0.1, -0.05) is 0 Å². The number of hydrogen-bond donors (Lipinski definition) is 2. The van der Waals surface area contributed by atoms with Crippen LogP contribution in [0.25, 0.3) is 0 Å². The fourth-order valence-electron chi connectivity index (χ4n) is 3.44. The number of amides is 2. The lowest BCUT2D eigenvalue weighted by Gasteiger charge is -2.31. The van der Waals surface area contributed by atoms with Gasteiger partial charge in [0.05, 0.1) is 24.6 Å². The molecule has 0 unspecified atom stereocenters. The van der Waals surface area contributed by atoms with Gasteiger partial charge in [0.2, 0.25) is 0 Å². The first-order valence-corrected chi connectivity index (χ1v) is 10.3. The molecule has 2 heterocycles. The third-order valence-corrected chi connectivity index (χ3v) is 5.17. The SMILES string of the molecule is CCN(CC)C(=O)c1cc(NC(=O)c2ccc(OC)cc2)cnc1N1CCNCC1. The number of carbonyl (C=O) groups excluding carboxylic acids is 2. The Hall–Kier alpha value is -3.13. The van der Waals surface area contributed by atoms with Crippen LogP contribution in [-0.2, 0) is 0 Å². The van der Waals surface area contributed by atoms with Gasteiger partial charge in [0, 0.05) is 44.8 Å². The van der Waals surface area contributed by atoms with Crippen molar-refractivity contribution < 1.29 is 14.3 Å². The van der Waals surface area contributed by atoms with Gasteiger partial charge in [-0.25, -0.2) is 4.98 Å². The van der Waals surface area contributed by atoms with Gasteiger partial charge in [-0.15, -0.1) is 0 Å². The molecule has 1 aromatic carbocycles. The molecule has 0 atom stereocenters. The topological polar surface area (TPSA) is 86.8 Å². The Morgan fingerprint density at radius 3 is 2.43 bits per heavy atom. The highest BCUT2D eigenvalue weighted by molar-refractivity contribution is 6.06. The summed E-state index contributed by atoms with van der Waals surface area (Å²) in [6.07, 6.45) is 1.61. The molecule has 0 bridgehead atoms. The van der Waals surface area contributed by atoms with E-state index in [1.807, 2.05) is 13.8 Å². The molecule has 0 radical (unpaired) electrons. The number of rotatable bonds is 7. The standard InChI is InChI=1S/C22H29N5O3/c1-4-26(5-2)22(29)19-14-17(15-24-20(19)27-12-10-23-11-13-27)25-21(28)16-6-8-18(30-3)9-7-16/h6-9,14-15,23H,4-5,10-13H2,1-3H3,(H,25,28). The molecule has 1 aliphatic rings. The van der Waals surface area contributed by atoms with Crippen LogP contribution in [0.1, 0.15) is 34.6 Å². The first kappa shape index (κ1) is 21.6. The van der Waals surface area contributed by atoms with Gasteiger partial charge in [-0.2, -0.15) is 0 Å². The molecule has 3 rings (SSSR count). The van der Waals surface area contributed by atoms with Gasteiger partial charge in [0.15, 0.2) is 0 Å². The fraction of sp³-hybridized carbons (Fsp3) is 0.409. The number of methoxy groups -OCH3 is 1. The minimum Gasteiger partial charge on any atom is -0.497 e. The van der Waals surface area contributed by atoms with E-state index in [9.17, 15) is 9.59 Å². The summed E-state index contributed by atoms with van der Waals surface area (Å²) in [5, 5.41) is 6.16. The zero-order valence-electron chi connectivity index (χ0n) is 17.8. The monoisotopic (exact) mass is 411 g/mol. The van der Waals surface area contributed by atoms with Crippen LogP contribution in [0.5, 0.6) is 5.75 Å². The molecule has 2 aromatic rings. The molecule has 1 aromatic heterocycles. The smallest absolute Gasteiger partial charge is 0.257 e. The molecule has 1 fully saturated rings. The minimum atomic E-state index is -0.268. The van der Waals surface area contributed by atoms with Gasteiger partial charge >= 0.3 is 0 Å². The Kier molecular flexibility index (Phi) is 7.24. The summed E-state index contributed by atoms with van der Waals surface area (Å²) in [5.74, 6) is 0.994. The summed E-state index contributed by atoms with van der Waals surface area (Å²) in [6.45, 7) is 8.38. The quantitative estimate of drug-likeness (QED) is 0.727. The number of nitrogens with one attached hydrogen (secondary N) is 2. The van der Waals surface area contributed by atoms with Gasteiger partial charge < -0.3 is 25.2 Å². The van der Waals surface area contributed by atoms with E-state index in [-0.39, 0.29) is 11.8 Å². The van der Waals surface area contributed by atoms with Crippen LogP contribution >= 0.6 is 0 Å². The van der Waals surface area contributed by atoms with E-state index in [0.717, 1.165) is 26.2 Å². The van der Waals surface area contributed by atoms with Gasteiger partial charge in [0.1, 0.15) is 11.6 Å². The van der Waals surface area contributed by atoms with E-state index >= 15 is 0 Å². The predicted octanol–water partition coefficient (Wildman–Crippen LogP) is 2.23. The van der Waals surface area contributed by atoms with Crippen LogP contribution in [0.3, 0.4) is 0 Å². The number of nitrogens with zero attached hydrogens (tertiary/aromatic N) is 3. The highest BCUT2D eigenvalue weighted by Gasteiger charge is 2.23. The molecule has 2 N–H and O–H groups in total. The Bertz CT molecular complexity index is 875. The van der Waals surface area contributed by atoms with Crippen molar-refractivity contribution >= 4 is 23.3 Å². The second-order valence-corrected chi connectivity index (χ2v) is 6.99. The van der Waals surface area contributed by atoms with E-state index < -0.39 is 0 Å². The number of aromatic nitrogens is 1. The zero-order chi connectivity index (χ0) is 21.5. The maximum atomic E-state index is 13.2. The third-order valence-electron chi connectivity index (χ3n) is 5.17. The first-order chi connectivity index (χ1) is 14.6. The van der Waals surface area contributed by atoms with Crippen molar-refractivity contribution in [2.75, 3.05) is 56.6 Å². The van der Waals surface area contributed by atoms with Crippen molar-refractivity contribution in [3.63, 3.8) is 0 Å². The summed E-state index contributed by atoms with van der Waals surface area (Å²) in [6, 6.07) is 8.58. The second-order valence-electron chi connectivity index (χ2n) is 6.99. The number of ether oxygens (including phenoxy) is 1. The van der Waals surface area contributed by atoms with E-state index in [2.05, 4.69) is 20.5 Å². The molecule has 8 nitrogen and oxygen atoms in total. The molecule has 1 saturated heterocycles. The van der Waals surface area contributed by atoms with Gasteiger partial charge in [-0.05, 0) is 44.2 Å². The molecular formula is C22H29N5O3. The van der Waals surface area contributed by atoms with Crippen molar-refractivity contribution in [2.45, 2.75) is 13.8 Å².